The first-order chi connectivity index (χ1) is 9.32. The Morgan fingerprint density at radius 1 is 1.15 bits per heavy atom. The number of furan rings is 1. The third-order valence-corrected chi connectivity index (χ3v) is 4.62. The molecule has 108 valence electrons. The number of benzene rings is 1. The number of hydrogen-bond acceptors (Lipinski definition) is 3. The van der Waals surface area contributed by atoms with E-state index in [-0.39, 0.29) is 6.54 Å². The van der Waals surface area contributed by atoms with Crippen LogP contribution in [0.15, 0.2) is 39.6 Å². The third-order valence-electron chi connectivity index (χ3n) is 2.76. The van der Waals surface area contributed by atoms with Gasteiger partial charge in [0.2, 0.25) is 10.0 Å². The molecule has 0 bridgehead atoms. The molecule has 0 atom stereocenters. The molecule has 0 unspecified atom stereocenters. The maximum atomic E-state index is 13.6. The second-order valence-corrected chi connectivity index (χ2v) is 6.31. The van der Waals surface area contributed by atoms with E-state index in [0.29, 0.717) is 11.5 Å². The summed E-state index contributed by atoms with van der Waals surface area (Å²) in [6, 6.07) is 6.21. The van der Waals surface area contributed by atoms with Crippen LogP contribution in [-0.2, 0) is 16.6 Å². The van der Waals surface area contributed by atoms with Crippen LogP contribution in [0.1, 0.15) is 11.5 Å². The van der Waals surface area contributed by atoms with Gasteiger partial charge in [-0.15, -0.1) is 0 Å². The van der Waals surface area contributed by atoms with Gasteiger partial charge in [0.1, 0.15) is 23.2 Å². The van der Waals surface area contributed by atoms with Crippen LogP contribution in [0, 0.1) is 18.6 Å². The van der Waals surface area contributed by atoms with Crippen molar-refractivity contribution in [1.82, 2.24) is 4.31 Å². The molecule has 0 N–H and O–H groups in total. The molecule has 7 heteroatoms. The van der Waals surface area contributed by atoms with Crippen LogP contribution >= 0.6 is 0 Å². The predicted molar refractivity (Wildman–Crippen MR) is 68.5 cm³/mol. The second kappa shape index (κ2) is 5.34. The van der Waals surface area contributed by atoms with Gasteiger partial charge in [-0.1, -0.05) is 6.07 Å². The van der Waals surface area contributed by atoms with Crippen LogP contribution in [-0.4, -0.2) is 19.8 Å². The zero-order valence-corrected chi connectivity index (χ0v) is 11.7. The fourth-order valence-corrected chi connectivity index (χ4v) is 3.00. The summed E-state index contributed by atoms with van der Waals surface area (Å²) in [5, 5.41) is 0. The number of aryl methyl sites for hydroxylation is 1. The van der Waals surface area contributed by atoms with E-state index in [1.165, 1.54) is 7.05 Å². The molecule has 1 heterocycles. The zero-order chi connectivity index (χ0) is 14.9. The van der Waals surface area contributed by atoms with Crippen molar-refractivity contribution in [2.75, 3.05) is 7.05 Å². The lowest BCUT2D eigenvalue weighted by Gasteiger charge is -2.16. The molecule has 0 aliphatic heterocycles. The minimum Gasteiger partial charge on any atom is -0.465 e. The van der Waals surface area contributed by atoms with Crippen molar-refractivity contribution in [3.8, 4) is 0 Å². The Morgan fingerprint density at radius 3 is 2.25 bits per heavy atom. The first-order valence-corrected chi connectivity index (χ1v) is 7.22. The SMILES string of the molecule is Cc1ccc(CN(C)S(=O)(=O)c2c(F)cccc2F)o1. The fourth-order valence-electron chi connectivity index (χ4n) is 1.76. The van der Waals surface area contributed by atoms with E-state index in [1.807, 2.05) is 0 Å². The molecule has 2 aromatic rings. The Hall–Kier alpha value is -1.73. The van der Waals surface area contributed by atoms with Crippen molar-refractivity contribution >= 4 is 10.0 Å². The Balaban J connectivity index is 2.35. The molecular weight excluding hydrogens is 288 g/mol. The fraction of sp³-hybridized carbons (Fsp3) is 0.231. The molecule has 0 spiro atoms. The highest BCUT2D eigenvalue weighted by molar-refractivity contribution is 7.89. The van der Waals surface area contributed by atoms with Crippen LogP contribution < -0.4 is 0 Å². The van der Waals surface area contributed by atoms with Crippen molar-refractivity contribution in [1.29, 1.82) is 0 Å². The molecule has 0 aliphatic rings. The molecule has 0 aliphatic carbocycles. The molecule has 1 aromatic carbocycles. The third kappa shape index (κ3) is 2.73. The topological polar surface area (TPSA) is 50.5 Å². The molecule has 2 rings (SSSR count). The Bertz CT molecular complexity index is 705. The van der Waals surface area contributed by atoms with Crippen molar-refractivity contribution in [2.24, 2.45) is 0 Å². The average molecular weight is 301 g/mol. The monoisotopic (exact) mass is 301 g/mol. The molecule has 4 nitrogen and oxygen atoms in total. The van der Waals surface area contributed by atoms with Gasteiger partial charge < -0.3 is 4.42 Å². The van der Waals surface area contributed by atoms with Gasteiger partial charge in [-0.05, 0) is 31.2 Å². The lowest BCUT2D eigenvalue weighted by molar-refractivity contribution is 0.392. The smallest absolute Gasteiger partial charge is 0.249 e. The highest BCUT2D eigenvalue weighted by atomic mass is 32.2. The van der Waals surface area contributed by atoms with Gasteiger partial charge in [0.05, 0.1) is 6.54 Å². The van der Waals surface area contributed by atoms with Crippen molar-refractivity contribution < 1.29 is 21.6 Å². The van der Waals surface area contributed by atoms with E-state index in [1.54, 1.807) is 19.1 Å². The van der Waals surface area contributed by atoms with E-state index in [4.69, 9.17) is 4.42 Å². The lowest BCUT2D eigenvalue weighted by atomic mass is 10.3. The van der Waals surface area contributed by atoms with Crippen molar-refractivity contribution in [3.63, 3.8) is 0 Å². The summed E-state index contributed by atoms with van der Waals surface area (Å²) >= 11 is 0. The van der Waals surface area contributed by atoms with Gasteiger partial charge in [-0.2, -0.15) is 4.31 Å². The van der Waals surface area contributed by atoms with Crippen LogP contribution in [0.4, 0.5) is 8.78 Å². The number of nitrogens with zero attached hydrogens (tertiary/aromatic N) is 1. The van der Waals surface area contributed by atoms with Gasteiger partial charge in [0.15, 0.2) is 4.90 Å². The summed E-state index contributed by atoms with van der Waals surface area (Å²) in [4.78, 5) is -0.953. The predicted octanol–water partition coefficient (Wildman–Crippen LogP) is 2.69. The molecule has 0 amide bonds. The highest BCUT2D eigenvalue weighted by Crippen LogP contribution is 2.23. The summed E-state index contributed by atoms with van der Waals surface area (Å²) in [6.45, 7) is 1.61. The van der Waals surface area contributed by atoms with Crippen LogP contribution in [0.2, 0.25) is 0 Å². The standard InChI is InChI=1S/C13H13F2NO3S/c1-9-6-7-10(19-9)8-16(2)20(17,18)13-11(14)4-3-5-12(13)15/h3-7H,8H2,1-2H3. The number of halogens is 2. The van der Waals surface area contributed by atoms with E-state index in [9.17, 15) is 17.2 Å². The summed E-state index contributed by atoms with van der Waals surface area (Å²) in [6.07, 6.45) is 0. The number of hydrogen-bond donors (Lipinski definition) is 0. The summed E-state index contributed by atoms with van der Waals surface area (Å²) in [5.41, 5.74) is 0. The Morgan fingerprint density at radius 2 is 1.75 bits per heavy atom. The second-order valence-electron chi connectivity index (χ2n) is 4.32. The zero-order valence-electron chi connectivity index (χ0n) is 10.9. The van der Waals surface area contributed by atoms with Gasteiger partial charge in [0, 0.05) is 7.05 Å². The van der Waals surface area contributed by atoms with Gasteiger partial charge in [0.25, 0.3) is 0 Å². The summed E-state index contributed by atoms with van der Waals surface area (Å²) in [5.74, 6) is -1.21. The van der Waals surface area contributed by atoms with E-state index < -0.39 is 26.6 Å². The molecule has 0 saturated heterocycles. The molecule has 0 radical (unpaired) electrons. The van der Waals surface area contributed by atoms with E-state index in [0.717, 1.165) is 22.5 Å². The quantitative estimate of drug-likeness (QED) is 0.872. The number of rotatable bonds is 4. The average Bonchev–Trinajstić information content (AvgIpc) is 2.74. The summed E-state index contributed by atoms with van der Waals surface area (Å²) < 4.78 is 57.6. The minimum atomic E-state index is -4.27. The molecular formula is C13H13F2NO3S. The molecule has 0 fully saturated rings. The highest BCUT2D eigenvalue weighted by Gasteiger charge is 2.28. The van der Waals surface area contributed by atoms with Crippen LogP contribution in [0.3, 0.4) is 0 Å². The first kappa shape index (κ1) is 14.7. The van der Waals surface area contributed by atoms with Crippen molar-refractivity contribution in [3.05, 3.63) is 53.5 Å². The van der Waals surface area contributed by atoms with Crippen LogP contribution in [0.25, 0.3) is 0 Å². The van der Waals surface area contributed by atoms with Crippen LogP contribution in [0.5, 0.6) is 0 Å². The Labute approximate surface area is 115 Å². The van der Waals surface area contributed by atoms with Gasteiger partial charge >= 0.3 is 0 Å². The van der Waals surface area contributed by atoms with Crippen molar-refractivity contribution in [2.45, 2.75) is 18.4 Å². The lowest BCUT2D eigenvalue weighted by Crippen LogP contribution is -2.28. The van der Waals surface area contributed by atoms with Gasteiger partial charge in [-0.3, -0.25) is 0 Å². The molecule has 20 heavy (non-hydrogen) atoms. The normalized spacial score (nSPS) is 12.1. The number of sulfonamides is 1. The van der Waals surface area contributed by atoms with Gasteiger partial charge in [-0.25, -0.2) is 17.2 Å². The maximum absolute atomic E-state index is 13.6. The van der Waals surface area contributed by atoms with E-state index >= 15 is 0 Å². The summed E-state index contributed by atoms with van der Waals surface area (Å²) in [7, 11) is -3.03. The largest absolute Gasteiger partial charge is 0.465 e. The maximum Gasteiger partial charge on any atom is 0.249 e. The molecule has 1 aromatic heterocycles. The van der Waals surface area contributed by atoms with E-state index in [2.05, 4.69) is 0 Å². The molecule has 0 saturated carbocycles. The first-order valence-electron chi connectivity index (χ1n) is 5.78. The Kier molecular flexibility index (Phi) is 3.92. The minimum absolute atomic E-state index is 0.107.